The van der Waals surface area contributed by atoms with Crippen LogP contribution < -0.4 is 15.8 Å². The number of nitrogens with one attached hydrogen (secondary N) is 2. The first kappa shape index (κ1) is 17.2. The maximum absolute atomic E-state index is 14.3. The van der Waals surface area contributed by atoms with Crippen molar-refractivity contribution >= 4 is 5.82 Å². The molecule has 2 N–H and O–H groups in total. The van der Waals surface area contributed by atoms with E-state index < -0.39 is 11.6 Å². The molecule has 4 heterocycles. The van der Waals surface area contributed by atoms with Crippen LogP contribution >= 0.6 is 0 Å². The number of nitrogens with zero attached hydrogens (tertiary/aromatic N) is 5. The predicted molar refractivity (Wildman–Crippen MR) is 98.6 cm³/mol. The number of aromatic nitrogens is 4. The lowest BCUT2D eigenvalue weighted by molar-refractivity contribution is 0.350. The van der Waals surface area contributed by atoms with Gasteiger partial charge < -0.3 is 4.90 Å². The molecule has 2 saturated heterocycles. The maximum atomic E-state index is 14.3. The van der Waals surface area contributed by atoms with E-state index in [0.717, 1.165) is 24.8 Å². The van der Waals surface area contributed by atoms with Gasteiger partial charge in [0.15, 0.2) is 5.82 Å². The lowest BCUT2D eigenvalue weighted by Gasteiger charge is -2.37. The van der Waals surface area contributed by atoms with Gasteiger partial charge in [-0.2, -0.15) is 5.10 Å². The number of benzene rings is 1. The van der Waals surface area contributed by atoms with Crippen LogP contribution in [-0.2, 0) is 0 Å². The second kappa shape index (κ2) is 6.92. The fourth-order valence-corrected chi connectivity index (χ4v) is 4.11. The van der Waals surface area contributed by atoms with Crippen LogP contribution in [-0.4, -0.2) is 38.9 Å². The highest BCUT2D eigenvalue weighted by Gasteiger charge is 2.41. The van der Waals surface area contributed by atoms with Crippen LogP contribution in [0, 0.1) is 17.6 Å². The van der Waals surface area contributed by atoms with Gasteiger partial charge in [-0.1, -0.05) is 0 Å². The van der Waals surface area contributed by atoms with Crippen molar-refractivity contribution in [2.24, 2.45) is 5.92 Å². The van der Waals surface area contributed by atoms with E-state index in [-0.39, 0.29) is 18.0 Å². The van der Waals surface area contributed by atoms with Gasteiger partial charge >= 0.3 is 0 Å². The van der Waals surface area contributed by atoms with E-state index in [1.54, 1.807) is 10.9 Å². The third-order valence-corrected chi connectivity index (χ3v) is 5.50. The lowest BCUT2D eigenvalue weighted by atomic mass is 9.85. The van der Waals surface area contributed by atoms with E-state index in [0.29, 0.717) is 17.9 Å². The van der Waals surface area contributed by atoms with Gasteiger partial charge in [-0.3, -0.25) is 5.43 Å². The molecule has 3 aromatic rings. The molecule has 0 spiro atoms. The summed E-state index contributed by atoms with van der Waals surface area (Å²) in [5.41, 5.74) is 6.75. The Morgan fingerprint density at radius 3 is 2.82 bits per heavy atom. The zero-order valence-electron chi connectivity index (χ0n) is 15.0. The molecule has 0 bridgehead atoms. The van der Waals surface area contributed by atoms with Crippen molar-refractivity contribution in [2.45, 2.75) is 18.5 Å². The van der Waals surface area contributed by atoms with E-state index in [1.807, 2.05) is 18.3 Å². The molecule has 7 nitrogen and oxygen atoms in total. The fourth-order valence-electron chi connectivity index (χ4n) is 4.11. The molecule has 2 aliphatic rings. The quantitative estimate of drug-likeness (QED) is 0.721. The number of hydrogen-bond acceptors (Lipinski definition) is 6. The van der Waals surface area contributed by atoms with Gasteiger partial charge in [0, 0.05) is 49.1 Å². The molecular formula is C19H19F2N7. The van der Waals surface area contributed by atoms with Gasteiger partial charge in [0.05, 0.1) is 6.04 Å². The minimum absolute atomic E-state index is 0.0770. The predicted octanol–water partition coefficient (Wildman–Crippen LogP) is 1.98. The molecule has 2 aliphatic heterocycles. The number of piperidine rings is 1. The summed E-state index contributed by atoms with van der Waals surface area (Å²) in [6.07, 6.45) is 5.91. The normalized spacial score (nSPS) is 24.4. The maximum Gasteiger partial charge on any atom is 0.158 e. The smallest absolute Gasteiger partial charge is 0.158 e. The van der Waals surface area contributed by atoms with Crippen LogP contribution in [0.4, 0.5) is 14.6 Å². The van der Waals surface area contributed by atoms with Crippen LogP contribution in [0.5, 0.6) is 0 Å². The molecule has 0 aliphatic carbocycles. The van der Waals surface area contributed by atoms with Gasteiger partial charge in [0.2, 0.25) is 0 Å². The van der Waals surface area contributed by atoms with Crippen molar-refractivity contribution in [3.8, 4) is 5.82 Å². The minimum atomic E-state index is -0.436. The van der Waals surface area contributed by atoms with E-state index in [4.69, 9.17) is 0 Å². The summed E-state index contributed by atoms with van der Waals surface area (Å²) < 4.78 is 29.7. The SMILES string of the molecule is Fc1ccc(F)c(C2NNC3CCN(c4cc(-n5cccn5)ncn4)CC32)c1. The van der Waals surface area contributed by atoms with Crippen molar-refractivity contribution in [1.82, 2.24) is 30.6 Å². The Morgan fingerprint density at radius 1 is 1.07 bits per heavy atom. The summed E-state index contributed by atoms with van der Waals surface area (Å²) >= 11 is 0. The van der Waals surface area contributed by atoms with Crippen molar-refractivity contribution in [3.63, 3.8) is 0 Å². The zero-order valence-corrected chi connectivity index (χ0v) is 15.0. The lowest BCUT2D eigenvalue weighted by Crippen LogP contribution is -2.46. The van der Waals surface area contributed by atoms with Crippen LogP contribution in [0.25, 0.3) is 5.82 Å². The molecular weight excluding hydrogens is 364 g/mol. The summed E-state index contributed by atoms with van der Waals surface area (Å²) in [4.78, 5) is 10.9. The Bertz CT molecular complexity index is 978. The van der Waals surface area contributed by atoms with Crippen molar-refractivity contribution in [1.29, 1.82) is 0 Å². The van der Waals surface area contributed by atoms with Crippen LogP contribution in [0.3, 0.4) is 0 Å². The first-order valence-corrected chi connectivity index (χ1v) is 9.22. The van der Waals surface area contributed by atoms with Crippen molar-refractivity contribution < 1.29 is 8.78 Å². The average Bonchev–Trinajstić information content (AvgIpc) is 3.39. The average molecular weight is 383 g/mol. The zero-order chi connectivity index (χ0) is 19.1. The van der Waals surface area contributed by atoms with E-state index in [9.17, 15) is 8.78 Å². The molecule has 144 valence electrons. The van der Waals surface area contributed by atoms with E-state index in [2.05, 4.69) is 30.8 Å². The Balaban J connectivity index is 1.41. The molecule has 3 atom stereocenters. The number of fused-ring (bicyclic) bond motifs is 1. The third kappa shape index (κ3) is 3.02. The molecule has 3 unspecified atom stereocenters. The third-order valence-electron chi connectivity index (χ3n) is 5.50. The highest BCUT2D eigenvalue weighted by molar-refractivity contribution is 5.44. The standard InChI is InChI=1S/C19H19F2N7/c20-12-2-3-15(21)13(8-12)19-14-10-27(7-4-16(14)25-26-19)17-9-18(23-11-22-17)28-6-1-5-24-28/h1-3,5-6,8-9,11,14,16,19,25-26H,4,7,10H2. The van der Waals surface area contributed by atoms with E-state index >= 15 is 0 Å². The molecule has 0 amide bonds. The van der Waals surface area contributed by atoms with Crippen molar-refractivity contribution in [3.05, 3.63) is 66.3 Å². The van der Waals surface area contributed by atoms with Gasteiger partial charge in [-0.25, -0.2) is 28.9 Å². The molecule has 1 aromatic carbocycles. The summed E-state index contributed by atoms with van der Waals surface area (Å²) in [6.45, 7) is 1.48. The van der Waals surface area contributed by atoms with Crippen LogP contribution in [0.2, 0.25) is 0 Å². The largest absolute Gasteiger partial charge is 0.356 e. The van der Waals surface area contributed by atoms with Gasteiger partial charge in [0.25, 0.3) is 0 Å². The molecule has 9 heteroatoms. The summed E-state index contributed by atoms with van der Waals surface area (Å²) in [5, 5.41) is 4.21. The molecule has 2 aromatic heterocycles. The van der Waals surface area contributed by atoms with Crippen LogP contribution in [0.1, 0.15) is 18.0 Å². The second-order valence-corrected chi connectivity index (χ2v) is 7.12. The molecule has 0 radical (unpaired) electrons. The second-order valence-electron chi connectivity index (χ2n) is 7.12. The number of rotatable bonds is 3. The molecule has 0 saturated carbocycles. The number of hydrogen-bond donors (Lipinski definition) is 2. The highest BCUT2D eigenvalue weighted by atomic mass is 19.1. The Kier molecular flexibility index (Phi) is 4.25. The monoisotopic (exact) mass is 383 g/mol. The number of hydrazine groups is 1. The first-order chi connectivity index (χ1) is 13.7. The Hall–Kier alpha value is -2.91. The molecule has 28 heavy (non-hydrogen) atoms. The van der Waals surface area contributed by atoms with E-state index in [1.165, 1.54) is 18.5 Å². The van der Waals surface area contributed by atoms with Crippen molar-refractivity contribution in [2.75, 3.05) is 18.0 Å². The van der Waals surface area contributed by atoms with Gasteiger partial charge in [-0.15, -0.1) is 0 Å². The molecule has 5 rings (SSSR count). The summed E-state index contributed by atoms with van der Waals surface area (Å²) in [5.74, 6) is 0.723. The Morgan fingerprint density at radius 2 is 1.96 bits per heavy atom. The van der Waals surface area contributed by atoms with Gasteiger partial charge in [-0.05, 0) is 30.7 Å². The summed E-state index contributed by atoms with van der Waals surface area (Å²) in [7, 11) is 0. The number of anilines is 1. The minimum Gasteiger partial charge on any atom is -0.356 e. The Labute approximate surface area is 160 Å². The first-order valence-electron chi connectivity index (χ1n) is 9.22. The number of halogens is 2. The fraction of sp³-hybridized carbons (Fsp3) is 0.316. The summed E-state index contributed by atoms with van der Waals surface area (Å²) in [6, 6.07) is 7.20. The highest BCUT2D eigenvalue weighted by Crippen LogP contribution is 2.36. The molecule has 2 fully saturated rings. The topological polar surface area (TPSA) is 70.9 Å². The van der Waals surface area contributed by atoms with Crippen LogP contribution in [0.15, 0.2) is 49.1 Å². The van der Waals surface area contributed by atoms with Gasteiger partial charge in [0.1, 0.15) is 23.8 Å².